The first-order valence-electron chi connectivity index (χ1n) is 8.42. The summed E-state index contributed by atoms with van der Waals surface area (Å²) in [6.45, 7) is 10.4. The van der Waals surface area contributed by atoms with E-state index in [1.54, 1.807) is 4.90 Å². The molecule has 1 aromatic carbocycles. The van der Waals surface area contributed by atoms with Gasteiger partial charge in [0.15, 0.2) is 0 Å². The number of aryl methyl sites for hydroxylation is 2. The van der Waals surface area contributed by atoms with Crippen LogP contribution in [0.15, 0.2) is 18.2 Å². The van der Waals surface area contributed by atoms with Crippen LogP contribution in [-0.2, 0) is 4.74 Å². The molecule has 0 aliphatic carbocycles. The molecule has 1 fully saturated rings. The Kier molecular flexibility index (Phi) is 5.35. The molecule has 1 saturated heterocycles. The number of likely N-dealkylation sites (tertiary alicyclic amines) is 1. The molecular weight excluding hydrogens is 290 g/mol. The van der Waals surface area contributed by atoms with Gasteiger partial charge in [-0.15, -0.1) is 0 Å². The zero-order valence-corrected chi connectivity index (χ0v) is 14.9. The summed E-state index contributed by atoms with van der Waals surface area (Å²) in [5.41, 5.74) is 2.75. The first-order chi connectivity index (χ1) is 10.7. The van der Waals surface area contributed by atoms with Crippen molar-refractivity contribution >= 4 is 6.09 Å². The standard InChI is InChI=1S/C19H29NO3/c1-13-8-9-16(14(2)11-13)17(21)12-15-7-6-10-20(15)18(22)23-19(3,4)5/h8-9,11,15,17,21H,6-7,10,12H2,1-5H3. The summed E-state index contributed by atoms with van der Waals surface area (Å²) >= 11 is 0. The predicted octanol–water partition coefficient (Wildman–Crippen LogP) is 4.13. The average molecular weight is 319 g/mol. The molecule has 0 saturated carbocycles. The number of nitrogens with zero attached hydrogens (tertiary/aromatic N) is 1. The zero-order chi connectivity index (χ0) is 17.2. The van der Waals surface area contributed by atoms with E-state index in [2.05, 4.69) is 6.07 Å². The maximum Gasteiger partial charge on any atom is 0.410 e. The number of hydrogen-bond acceptors (Lipinski definition) is 3. The lowest BCUT2D eigenvalue weighted by molar-refractivity contribution is 0.0178. The second-order valence-corrected chi connectivity index (χ2v) is 7.58. The van der Waals surface area contributed by atoms with E-state index in [0.29, 0.717) is 13.0 Å². The van der Waals surface area contributed by atoms with Crippen molar-refractivity contribution in [2.45, 2.75) is 71.6 Å². The fourth-order valence-electron chi connectivity index (χ4n) is 3.23. The topological polar surface area (TPSA) is 49.8 Å². The van der Waals surface area contributed by atoms with Gasteiger partial charge < -0.3 is 14.7 Å². The molecule has 0 spiro atoms. The Morgan fingerprint density at radius 1 is 1.39 bits per heavy atom. The predicted molar refractivity (Wildman–Crippen MR) is 91.5 cm³/mol. The summed E-state index contributed by atoms with van der Waals surface area (Å²) in [4.78, 5) is 14.1. The van der Waals surface area contributed by atoms with E-state index < -0.39 is 11.7 Å². The number of ether oxygens (including phenoxy) is 1. The zero-order valence-electron chi connectivity index (χ0n) is 14.9. The van der Waals surface area contributed by atoms with Crippen LogP contribution in [0.3, 0.4) is 0 Å². The van der Waals surface area contributed by atoms with Crippen LogP contribution >= 0.6 is 0 Å². The molecule has 1 amide bonds. The highest BCUT2D eigenvalue weighted by atomic mass is 16.6. The van der Waals surface area contributed by atoms with Crippen molar-refractivity contribution < 1.29 is 14.6 Å². The van der Waals surface area contributed by atoms with Gasteiger partial charge in [-0.1, -0.05) is 23.8 Å². The van der Waals surface area contributed by atoms with Gasteiger partial charge in [-0.05, 0) is 65.0 Å². The monoisotopic (exact) mass is 319 g/mol. The van der Waals surface area contributed by atoms with E-state index in [4.69, 9.17) is 4.74 Å². The van der Waals surface area contributed by atoms with Crippen molar-refractivity contribution in [1.82, 2.24) is 4.90 Å². The van der Waals surface area contributed by atoms with Crippen LogP contribution in [-0.4, -0.2) is 34.3 Å². The molecule has 4 nitrogen and oxygen atoms in total. The van der Waals surface area contributed by atoms with E-state index in [9.17, 15) is 9.90 Å². The maximum atomic E-state index is 12.3. The largest absolute Gasteiger partial charge is 0.444 e. The highest BCUT2D eigenvalue weighted by Gasteiger charge is 2.33. The van der Waals surface area contributed by atoms with E-state index in [-0.39, 0.29) is 12.1 Å². The number of carbonyl (C=O) groups excluding carboxylic acids is 1. The van der Waals surface area contributed by atoms with Crippen molar-refractivity contribution in [3.8, 4) is 0 Å². The molecule has 1 N–H and O–H groups in total. The van der Waals surface area contributed by atoms with Gasteiger partial charge in [-0.3, -0.25) is 0 Å². The summed E-state index contributed by atoms with van der Waals surface area (Å²) in [6, 6.07) is 6.13. The minimum absolute atomic E-state index is 0.0422. The molecule has 0 radical (unpaired) electrons. The van der Waals surface area contributed by atoms with Gasteiger partial charge in [0.05, 0.1) is 6.10 Å². The molecule has 2 rings (SSSR count). The van der Waals surface area contributed by atoms with Crippen molar-refractivity contribution in [3.05, 3.63) is 34.9 Å². The van der Waals surface area contributed by atoms with Crippen LogP contribution < -0.4 is 0 Å². The number of hydrogen-bond donors (Lipinski definition) is 1. The lowest BCUT2D eigenvalue weighted by Gasteiger charge is -2.30. The highest BCUT2D eigenvalue weighted by molar-refractivity contribution is 5.69. The Hall–Kier alpha value is -1.55. The number of aliphatic hydroxyl groups is 1. The minimum Gasteiger partial charge on any atom is -0.444 e. The van der Waals surface area contributed by atoms with Crippen molar-refractivity contribution in [2.24, 2.45) is 0 Å². The van der Waals surface area contributed by atoms with E-state index in [1.165, 1.54) is 5.56 Å². The first-order valence-corrected chi connectivity index (χ1v) is 8.42. The van der Waals surface area contributed by atoms with Gasteiger partial charge in [-0.25, -0.2) is 4.79 Å². The number of amides is 1. The van der Waals surface area contributed by atoms with Gasteiger partial charge >= 0.3 is 6.09 Å². The van der Waals surface area contributed by atoms with Crippen molar-refractivity contribution in [2.75, 3.05) is 6.54 Å². The van der Waals surface area contributed by atoms with E-state index in [1.807, 2.05) is 46.8 Å². The molecule has 1 heterocycles. The molecule has 1 aromatic rings. The summed E-state index contributed by atoms with van der Waals surface area (Å²) < 4.78 is 5.48. The Bertz CT molecular complexity index is 562. The fourth-order valence-corrected chi connectivity index (χ4v) is 3.23. The maximum absolute atomic E-state index is 12.3. The van der Waals surface area contributed by atoms with Gasteiger partial charge in [0, 0.05) is 12.6 Å². The lowest BCUT2D eigenvalue weighted by Crippen LogP contribution is -2.40. The smallest absolute Gasteiger partial charge is 0.410 e. The third-order valence-corrected chi connectivity index (χ3v) is 4.28. The molecule has 0 bridgehead atoms. The molecule has 1 aliphatic heterocycles. The summed E-state index contributed by atoms with van der Waals surface area (Å²) in [6.07, 6.45) is 1.62. The minimum atomic E-state index is -0.552. The van der Waals surface area contributed by atoms with Crippen molar-refractivity contribution in [3.63, 3.8) is 0 Å². The van der Waals surface area contributed by atoms with Gasteiger partial charge in [0.2, 0.25) is 0 Å². The second-order valence-electron chi connectivity index (χ2n) is 7.58. The van der Waals surface area contributed by atoms with Crippen molar-refractivity contribution in [1.29, 1.82) is 0 Å². The molecule has 128 valence electrons. The van der Waals surface area contributed by atoms with Gasteiger partial charge in [0.1, 0.15) is 5.60 Å². The molecule has 23 heavy (non-hydrogen) atoms. The van der Waals surface area contributed by atoms with Crippen LogP contribution in [0, 0.1) is 13.8 Å². The first kappa shape index (κ1) is 17.8. The normalized spacial score (nSPS) is 19.7. The Morgan fingerprint density at radius 3 is 2.70 bits per heavy atom. The van der Waals surface area contributed by atoms with Crippen LogP contribution in [0.4, 0.5) is 4.79 Å². The number of carbonyl (C=O) groups is 1. The Labute approximate surface area is 139 Å². The Balaban J connectivity index is 2.04. The highest BCUT2D eigenvalue weighted by Crippen LogP contribution is 2.30. The second kappa shape index (κ2) is 6.91. The van der Waals surface area contributed by atoms with Gasteiger partial charge in [-0.2, -0.15) is 0 Å². The molecule has 1 aliphatic rings. The fraction of sp³-hybridized carbons (Fsp3) is 0.632. The molecular formula is C19H29NO3. The summed E-state index contributed by atoms with van der Waals surface area (Å²) in [5.74, 6) is 0. The van der Waals surface area contributed by atoms with Crippen LogP contribution in [0.25, 0.3) is 0 Å². The van der Waals surface area contributed by atoms with Gasteiger partial charge in [0.25, 0.3) is 0 Å². The van der Waals surface area contributed by atoms with Crippen LogP contribution in [0.1, 0.15) is 62.8 Å². The third-order valence-electron chi connectivity index (χ3n) is 4.28. The SMILES string of the molecule is Cc1ccc(C(O)CC2CCCN2C(=O)OC(C)(C)C)c(C)c1. The number of aliphatic hydroxyl groups excluding tert-OH is 1. The summed E-state index contributed by atoms with van der Waals surface area (Å²) in [5, 5.41) is 10.6. The van der Waals surface area contributed by atoms with Crippen LogP contribution in [0.5, 0.6) is 0 Å². The van der Waals surface area contributed by atoms with E-state index in [0.717, 1.165) is 24.0 Å². The summed E-state index contributed by atoms with van der Waals surface area (Å²) in [7, 11) is 0. The van der Waals surface area contributed by atoms with E-state index >= 15 is 0 Å². The molecule has 2 unspecified atom stereocenters. The number of rotatable bonds is 3. The lowest BCUT2D eigenvalue weighted by atomic mass is 9.96. The third kappa shape index (κ3) is 4.71. The van der Waals surface area contributed by atoms with Crippen LogP contribution in [0.2, 0.25) is 0 Å². The Morgan fingerprint density at radius 2 is 2.09 bits per heavy atom. The molecule has 0 aromatic heterocycles. The average Bonchev–Trinajstić information content (AvgIpc) is 2.84. The molecule has 4 heteroatoms. The molecule has 2 atom stereocenters. The quantitative estimate of drug-likeness (QED) is 0.911. The number of benzene rings is 1.